The third-order valence-corrected chi connectivity index (χ3v) is 7.77. The van der Waals surface area contributed by atoms with Crippen LogP contribution in [0.3, 0.4) is 0 Å². The first-order chi connectivity index (χ1) is 18.4. The van der Waals surface area contributed by atoms with E-state index >= 15 is 0 Å². The molecule has 0 bridgehead atoms. The summed E-state index contributed by atoms with van der Waals surface area (Å²) >= 11 is 0. The van der Waals surface area contributed by atoms with Gasteiger partial charge in [-0.25, -0.2) is 0 Å². The van der Waals surface area contributed by atoms with E-state index < -0.39 is 23.4 Å². The molecule has 0 aromatic heterocycles. The average Bonchev–Trinajstić information content (AvgIpc) is 3.27. The summed E-state index contributed by atoms with van der Waals surface area (Å²) in [5, 5.41) is 21.5. The number of hydrogen-bond donors (Lipinski definition) is 1. The number of hydrogen-bond acceptors (Lipinski definition) is 6. The van der Waals surface area contributed by atoms with Gasteiger partial charge in [0, 0.05) is 11.1 Å². The number of ether oxygens (including phenoxy) is 3. The van der Waals surface area contributed by atoms with Crippen LogP contribution in [0.25, 0.3) is 6.08 Å². The molecule has 2 heterocycles. The molecule has 190 valence electrons. The van der Waals surface area contributed by atoms with E-state index in [1.54, 1.807) is 24.3 Å². The molecule has 0 amide bonds. The fraction of sp³-hybridized carbons (Fsp3) is 0.258. The van der Waals surface area contributed by atoms with E-state index in [0.717, 1.165) is 21.6 Å². The maximum Gasteiger partial charge on any atom is 0.221 e. The zero-order valence-electron chi connectivity index (χ0n) is 21.7. The number of rotatable bonds is 6. The van der Waals surface area contributed by atoms with Gasteiger partial charge in [-0.15, -0.1) is 0 Å². The Labute approximate surface area is 222 Å². The van der Waals surface area contributed by atoms with Crippen LogP contribution in [0.4, 0.5) is 0 Å². The van der Waals surface area contributed by atoms with E-state index in [1.165, 1.54) is 21.3 Å². The topological polar surface area (TPSA) is 96.8 Å². The molecule has 2 aliphatic heterocycles. The molecule has 7 heteroatoms. The predicted octanol–water partition coefficient (Wildman–Crippen LogP) is 4.01. The Balaban J connectivity index is 1.81. The van der Waals surface area contributed by atoms with Crippen molar-refractivity contribution in [3.63, 3.8) is 0 Å². The van der Waals surface area contributed by atoms with Gasteiger partial charge >= 0.3 is 0 Å². The predicted molar refractivity (Wildman–Crippen MR) is 141 cm³/mol. The molecule has 3 aromatic carbocycles. The number of fused-ring (bicyclic) bond motifs is 3. The normalized spacial score (nSPS) is 22.4. The SMILES string of the molecule is COc1cc([C@H]2[C@H](C(=O)c3ccc(C)cc3)[NH+]3C=Cc4ccccc4[C@@H]3C2(C#N)C#N)cc(OC)c1OC. The first-order valence-corrected chi connectivity index (χ1v) is 12.3. The van der Waals surface area contributed by atoms with Crippen LogP contribution in [-0.2, 0) is 0 Å². The minimum absolute atomic E-state index is 0.139. The second-order valence-corrected chi connectivity index (χ2v) is 9.63. The molecule has 3 aromatic rings. The van der Waals surface area contributed by atoms with Crippen LogP contribution in [0.15, 0.2) is 66.9 Å². The lowest BCUT2D eigenvalue weighted by Gasteiger charge is -2.29. The highest BCUT2D eigenvalue weighted by Gasteiger charge is 2.68. The number of nitriles is 2. The van der Waals surface area contributed by atoms with Crippen LogP contribution in [0, 0.1) is 35.0 Å². The Morgan fingerprint density at radius 1 is 0.921 bits per heavy atom. The van der Waals surface area contributed by atoms with Gasteiger partial charge in [0.25, 0.3) is 0 Å². The first kappa shape index (κ1) is 25.1. The third kappa shape index (κ3) is 3.63. The lowest BCUT2D eigenvalue weighted by molar-refractivity contribution is -0.885. The van der Waals surface area contributed by atoms with Gasteiger partial charge in [-0.2, -0.15) is 10.5 Å². The second kappa shape index (κ2) is 9.70. The molecule has 0 saturated carbocycles. The third-order valence-electron chi connectivity index (χ3n) is 7.77. The molecule has 0 radical (unpaired) electrons. The van der Waals surface area contributed by atoms with E-state index in [4.69, 9.17) is 14.2 Å². The zero-order chi connectivity index (χ0) is 27.0. The van der Waals surface area contributed by atoms with Crippen molar-refractivity contribution < 1.29 is 23.9 Å². The lowest BCUT2D eigenvalue weighted by atomic mass is 9.67. The molecular weight excluding hydrogens is 478 g/mol. The summed E-state index contributed by atoms with van der Waals surface area (Å²) in [6, 6.07) is 22.1. The van der Waals surface area contributed by atoms with Crippen LogP contribution in [-0.4, -0.2) is 33.2 Å². The summed E-state index contributed by atoms with van der Waals surface area (Å²) in [5.41, 5.74) is 2.40. The Hall–Kier alpha value is -4.59. The quantitative estimate of drug-likeness (QED) is 0.508. The molecule has 7 nitrogen and oxygen atoms in total. The highest BCUT2D eigenvalue weighted by atomic mass is 16.5. The molecule has 0 spiro atoms. The summed E-state index contributed by atoms with van der Waals surface area (Å²) in [5.74, 6) is 0.247. The van der Waals surface area contributed by atoms with Crippen LogP contribution in [0.1, 0.15) is 44.6 Å². The van der Waals surface area contributed by atoms with E-state index in [-0.39, 0.29) is 5.78 Å². The highest BCUT2D eigenvalue weighted by molar-refractivity contribution is 6.00. The zero-order valence-corrected chi connectivity index (χ0v) is 21.7. The number of benzene rings is 3. The Morgan fingerprint density at radius 2 is 1.55 bits per heavy atom. The number of nitrogens with zero attached hydrogens (tertiary/aromatic N) is 2. The summed E-state index contributed by atoms with van der Waals surface area (Å²) in [6.45, 7) is 1.96. The maximum absolute atomic E-state index is 14.3. The molecule has 1 saturated heterocycles. The average molecular weight is 507 g/mol. The summed E-state index contributed by atoms with van der Waals surface area (Å²) in [4.78, 5) is 15.1. The molecule has 2 aliphatic rings. The van der Waals surface area contributed by atoms with Crippen LogP contribution < -0.4 is 19.1 Å². The molecule has 38 heavy (non-hydrogen) atoms. The number of methoxy groups -OCH3 is 3. The van der Waals surface area contributed by atoms with Crippen molar-refractivity contribution in [1.82, 2.24) is 0 Å². The summed E-state index contributed by atoms with van der Waals surface area (Å²) in [6.07, 6.45) is 3.89. The van der Waals surface area contributed by atoms with E-state index in [9.17, 15) is 15.3 Å². The van der Waals surface area contributed by atoms with Crippen molar-refractivity contribution in [3.05, 3.63) is 94.7 Å². The van der Waals surface area contributed by atoms with E-state index in [2.05, 4.69) is 12.1 Å². The molecule has 5 rings (SSSR count). The van der Waals surface area contributed by atoms with Crippen molar-refractivity contribution in [3.8, 4) is 29.4 Å². The number of quaternary nitrogens is 1. The van der Waals surface area contributed by atoms with Gasteiger partial charge in [0.05, 0.1) is 45.6 Å². The Kier molecular flexibility index (Phi) is 6.40. The molecule has 0 aliphatic carbocycles. The minimum Gasteiger partial charge on any atom is -0.493 e. The van der Waals surface area contributed by atoms with Crippen LogP contribution in [0.2, 0.25) is 0 Å². The van der Waals surface area contributed by atoms with Crippen molar-refractivity contribution >= 4 is 11.9 Å². The number of carbonyl (C=O) groups is 1. The minimum atomic E-state index is -1.56. The number of nitrogens with one attached hydrogen (secondary N) is 1. The van der Waals surface area contributed by atoms with Gasteiger partial charge in [0.15, 0.2) is 23.6 Å². The number of aryl methyl sites for hydroxylation is 1. The Morgan fingerprint density at radius 3 is 2.13 bits per heavy atom. The standard InChI is InChI=1S/C31H27N3O4/c1-19-9-11-21(12-10-19)28(35)27-26(22-15-24(36-2)29(38-4)25(16-22)37-3)31(17-32,18-33)30-23-8-6-5-7-20(23)13-14-34(27)30/h5-16,26-27,30H,1-4H3/p+1/t26-,27+,30+/m0/s1. The maximum atomic E-state index is 14.3. The van der Waals surface area contributed by atoms with Gasteiger partial charge in [-0.1, -0.05) is 54.1 Å². The van der Waals surface area contributed by atoms with E-state index in [1.807, 2.05) is 55.6 Å². The summed E-state index contributed by atoms with van der Waals surface area (Å²) < 4.78 is 16.7. The smallest absolute Gasteiger partial charge is 0.221 e. The highest BCUT2D eigenvalue weighted by Crippen LogP contribution is 2.53. The first-order valence-electron chi connectivity index (χ1n) is 12.3. The number of Topliss-reactive ketones (excluding diaryl/α,β-unsaturated/α-hetero) is 1. The van der Waals surface area contributed by atoms with E-state index in [0.29, 0.717) is 28.4 Å². The largest absolute Gasteiger partial charge is 0.493 e. The van der Waals surface area contributed by atoms with Gasteiger partial charge < -0.3 is 14.2 Å². The van der Waals surface area contributed by atoms with Gasteiger partial charge in [-0.3, -0.25) is 9.69 Å². The molecule has 1 N–H and O–H groups in total. The number of carbonyl (C=O) groups excluding carboxylic acids is 1. The van der Waals surface area contributed by atoms with Gasteiger partial charge in [0.2, 0.25) is 16.9 Å². The Bertz CT molecular complexity index is 1470. The van der Waals surface area contributed by atoms with Crippen molar-refractivity contribution in [2.24, 2.45) is 5.41 Å². The van der Waals surface area contributed by atoms with Gasteiger partial charge in [-0.05, 0) is 36.3 Å². The van der Waals surface area contributed by atoms with Crippen molar-refractivity contribution in [2.45, 2.75) is 24.9 Å². The van der Waals surface area contributed by atoms with Crippen molar-refractivity contribution in [2.75, 3.05) is 21.3 Å². The molecule has 1 fully saturated rings. The molecular formula is C31H28N3O4+. The fourth-order valence-corrected chi connectivity index (χ4v) is 6.04. The fourth-order valence-electron chi connectivity index (χ4n) is 6.04. The summed E-state index contributed by atoms with van der Waals surface area (Å²) in [7, 11) is 4.54. The lowest BCUT2D eigenvalue weighted by Crippen LogP contribution is -3.11. The monoisotopic (exact) mass is 506 g/mol. The van der Waals surface area contributed by atoms with Gasteiger partial charge in [0.1, 0.15) is 0 Å². The molecule has 4 atom stereocenters. The van der Waals surface area contributed by atoms with Crippen LogP contribution in [0.5, 0.6) is 17.2 Å². The van der Waals surface area contributed by atoms with Crippen LogP contribution >= 0.6 is 0 Å². The number of ketones is 1. The second-order valence-electron chi connectivity index (χ2n) is 9.63. The van der Waals surface area contributed by atoms with Crippen molar-refractivity contribution in [1.29, 1.82) is 10.5 Å². The molecule has 1 unspecified atom stereocenters.